The summed E-state index contributed by atoms with van der Waals surface area (Å²) in [5.74, 6) is 0.0567. The number of nitrogens with two attached hydrogens (primary N) is 1. The van der Waals surface area contributed by atoms with E-state index in [-0.39, 0.29) is 11.7 Å². The van der Waals surface area contributed by atoms with Crippen LogP contribution in [0.5, 0.6) is 0 Å². The van der Waals surface area contributed by atoms with Crippen LogP contribution in [0, 0.1) is 0 Å². The van der Waals surface area contributed by atoms with Gasteiger partial charge in [-0.25, -0.2) is 4.98 Å². The van der Waals surface area contributed by atoms with Crippen LogP contribution in [0.15, 0.2) is 35.1 Å². The summed E-state index contributed by atoms with van der Waals surface area (Å²) in [4.78, 5) is 17.8. The Morgan fingerprint density at radius 3 is 2.50 bits per heavy atom. The lowest BCUT2D eigenvalue weighted by molar-refractivity contribution is 0.0986. The highest BCUT2D eigenvalue weighted by Crippen LogP contribution is 2.20. The van der Waals surface area contributed by atoms with E-state index in [1.165, 1.54) is 6.33 Å². The molecule has 6 heteroatoms. The molecular formula is C12H13BrN4O. The molecule has 2 rings (SSSR count). The Labute approximate surface area is 113 Å². The fourth-order valence-electron chi connectivity index (χ4n) is 1.65. The highest BCUT2D eigenvalue weighted by molar-refractivity contribution is 9.10. The third-order valence-corrected chi connectivity index (χ3v) is 3.22. The van der Waals surface area contributed by atoms with Gasteiger partial charge >= 0.3 is 0 Å². The summed E-state index contributed by atoms with van der Waals surface area (Å²) in [6.07, 6.45) is 1.53. The fraction of sp³-hybridized carbons (Fsp3) is 0.167. The number of halogens is 1. The molecule has 0 aliphatic heterocycles. The minimum absolute atomic E-state index is 0.185. The zero-order chi connectivity index (χ0) is 13.3. The first-order chi connectivity index (χ1) is 8.50. The smallest absolute Gasteiger partial charge is 0.278 e. The second kappa shape index (κ2) is 4.81. The van der Waals surface area contributed by atoms with Gasteiger partial charge in [-0.05, 0) is 24.3 Å². The molecule has 1 aromatic carbocycles. The molecule has 0 atom stereocenters. The van der Waals surface area contributed by atoms with Crippen LogP contribution in [0.25, 0.3) is 0 Å². The Balaban J connectivity index is 2.32. The van der Waals surface area contributed by atoms with E-state index in [0.717, 1.165) is 10.2 Å². The number of amides is 1. The molecule has 94 valence electrons. The molecule has 0 radical (unpaired) electrons. The maximum absolute atomic E-state index is 12.3. The Kier molecular flexibility index (Phi) is 3.38. The number of imidazole rings is 1. The van der Waals surface area contributed by atoms with Gasteiger partial charge in [0.05, 0.1) is 6.33 Å². The van der Waals surface area contributed by atoms with Crippen LogP contribution < -0.4 is 10.6 Å². The van der Waals surface area contributed by atoms with E-state index in [1.807, 2.05) is 24.3 Å². The Bertz CT molecular complexity index is 557. The minimum Gasteiger partial charge on any atom is -0.382 e. The zero-order valence-corrected chi connectivity index (χ0v) is 11.7. The summed E-state index contributed by atoms with van der Waals surface area (Å²) in [5.41, 5.74) is 6.88. The summed E-state index contributed by atoms with van der Waals surface area (Å²) in [6.45, 7) is 0. The van der Waals surface area contributed by atoms with Crippen molar-refractivity contribution in [3.05, 3.63) is 40.8 Å². The normalized spacial score (nSPS) is 10.4. The van der Waals surface area contributed by atoms with Gasteiger partial charge in [0.15, 0.2) is 11.5 Å². The van der Waals surface area contributed by atoms with Crippen molar-refractivity contribution in [1.29, 1.82) is 0 Å². The molecule has 0 unspecified atom stereocenters. The lowest BCUT2D eigenvalue weighted by Crippen LogP contribution is -2.28. The van der Waals surface area contributed by atoms with Crippen molar-refractivity contribution in [3.63, 3.8) is 0 Å². The number of hydrogen-bond donors (Lipinski definition) is 1. The van der Waals surface area contributed by atoms with E-state index in [4.69, 9.17) is 5.73 Å². The van der Waals surface area contributed by atoms with Crippen molar-refractivity contribution >= 4 is 33.3 Å². The number of rotatable bonds is 2. The summed E-state index contributed by atoms with van der Waals surface area (Å²) < 4.78 is 2.58. The Morgan fingerprint density at radius 2 is 2.00 bits per heavy atom. The molecule has 0 bridgehead atoms. The number of benzene rings is 1. The quantitative estimate of drug-likeness (QED) is 0.923. The van der Waals surface area contributed by atoms with Crippen molar-refractivity contribution in [2.45, 2.75) is 0 Å². The SMILES string of the molecule is CN(C(=O)c1c(N)ncn1C)c1ccc(Br)cc1. The molecule has 2 aromatic rings. The summed E-state index contributed by atoms with van der Waals surface area (Å²) in [6, 6.07) is 7.47. The number of aryl methyl sites for hydroxylation is 1. The summed E-state index contributed by atoms with van der Waals surface area (Å²) in [7, 11) is 3.45. The van der Waals surface area contributed by atoms with Crippen molar-refractivity contribution in [3.8, 4) is 0 Å². The lowest BCUT2D eigenvalue weighted by atomic mass is 10.2. The van der Waals surface area contributed by atoms with Gasteiger partial charge in [0.25, 0.3) is 5.91 Å². The van der Waals surface area contributed by atoms with Gasteiger partial charge in [0.1, 0.15) is 0 Å². The predicted octanol–water partition coefficient (Wildman–Crippen LogP) is 2.04. The molecule has 0 aliphatic rings. The molecule has 2 N–H and O–H groups in total. The molecular weight excluding hydrogens is 296 g/mol. The van der Waals surface area contributed by atoms with Crippen molar-refractivity contribution < 1.29 is 4.79 Å². The average Bonchev–Trinajstić information content (AvgIpc) is 2.68. The van der Waals surface area contributed by atoms with Gasteiger partial charge in [-0.3, -0.25) is 4.79 Å². The number of carbonyl (C=O) groups excluding carboxylic acids is 1. The predicted molar refractivity (Wildman–Crippen MR) is 74.5 cm³/mol. The van der Waals surface area contributed by atoms with Crippen LogP contribution >= 0.6 is 15.9 Å². The third-order valence-electron chi connectivity index (χ3n) is 2.69. The van der Waals surface area contributed by atoms with Gasteiger partial charge in [-0.1, -0.05) is 15.9 Å². The van der Waals surface area contributed by atoms with E-state index in [1.54, 1.807) is 23.6 Å². The number of carbonyl (C=O) groups is 1. The number of nitrogen functional groups attached to an aromatic ring is 1. The molecule has 0 fully saturated rings. The van der Waals surface area contributed by atoms with E-state index in [9.17, 15) is 4.79 Å². The Morgan fingerprint density at radius 1 is 1.39 bits per heavy atom. The van der Waals surface area contributed by atoms with E-state index in [2.05, 4.69) is 20.9 Å². The van der Waals surface area contributed by atoms with Gasteiger partial charge in [-0.15, -0.1) is 0 Å². The number of hydrogen-bond acceptors (Lipinski definition) is 3. The molecule has 18 heavy (non-hydrogen) atoms. The van der Waals surface area contributed by atoms with Gasteiger partial charge in [0, 0.05) is 24.3 Å². The Hall–Kier alpha value is -1.82. The highest BCUT2D eigenvalue weighted by atomic mass is 79.9. The molecule has 1 aromatic heterocycles. The molecule has 0 aliphatic carbocycles. The largest absolute Gasteiger partial charge is 0.382 e. The van der Waals surface area contributed by atoms with Crippen LogP contribution in [0.4, 0.5) is 11.5 Å². The first kappa shape index (κ1) is 12.6. The van der Waals surface area contributed by atoms with Crippen molar-refractivity contribution in [1.82, 2.24) is 9.55 Å². The van der Waals surface area contributed by atoms with Gasteiger partial charge in [0.2, 0.25) is 0 Å². The van der Waals surface area contributed by atoms with Crippen LogP contribution in [0.3, 0.4) is 0 Å². The van der Waals surface area contributed by atoms with Crippen LogP contribution in [-0.4, -0.2) is 22.5 Å². The van der Waals surface area contributed by atoms with Crippen molar-refractivity contribution in [2.75, 3.05) is 17.7 Å². The molecule has 5 nitrogen and oxygen atoms in total. The molecule has 1 amide bonds. The van der Waals surface area contributed by atoms with Crippen LogP contribution in [0.1, 0.15) is 10.5 Å². The second-order valence-electron chi connectivity index (χ2n) is 3.93. The molecule has 0 saturated heterocycles. The lowest BCUT2D eigenvalue weighted by Gasteiger charge is -2.17. The van der Waals surface area contributed by atoms with E-state index < -0.39 is 0 Å². The first-order valence-corrected chi connectivity index (χ1v) is 6.10. The monoisotopic (exact) mass is 308 g/mol. The van der Waals surface area contributed by atoms with Crippen LogP contribution in [0.2, 0.25) is 0 Å². The van der Waals surface area contributed by atoms with Crippen molar-refractivity contribution in [2.24, 2.45) is 7.05 Å². The first-order valence-electron chi connectivity index (χ1n) is 5.31. The molecule has 0 saturated carbocycles. The number of nitrogens with zero attached hydrogens (tertiary/aromatic N) is 3. The summed E-state index contributed by atoms with van der Waals surface area (Å²) in [5, 5.41) is 0. The molecule has 1 heterocycles. The fourth-order valence-corrected chi connectivity index (χ4v) is 1.91. The van der Waals surface area contributed by atoms with Gasteiger partial charge in [-0.2, -0.15) is 0 Å². The number of anilines is 2. The van der Waals surface area contributed by atoms with Crippen LogP contribution in [-0.2, 0) is 7.05 Å². The summed E-state index contributed by atoms with van der Waals surface area (Å²) >= 11 is 3.36. The average molecular weight is 309 g/mol. The maximum atomic E-state index is 12.3. The molecule has 0 spiro atoms. The van der Waals surface area contributed by atoms with E-state index >= 15 is 0 Å². The standard InChI is InChI=1S/C12H13BrN4O/c1-16-7-15-11(14)10(16)12(18)17(2)9-5-3-8(13)4-6-9/h3-7H,14H2,1-2H3. The number of aromatic nitrogens is 2. The van der Waals surface area contributed by atoms with E-state index in [0.29, 0.717) is 5.69 Å². The third kappa shape index (κ3) is 2.24. The van der Waals surface area contributed by atoms with Gasteiger partial charge < -0.3 is 15.2 Å². The minimum atomic E-state index is -0.185. The highest BCUT2D eigenvalue weighted by Gasteiger charge is 2.20. The topological polar surface area (TPSA) is 64.2 Å². The zero-order valence-electron chi connectivity index (χ0n) is 10.1. The maximum Gasteiger partial charge on any atom is 0.278 e. The second-order valence-corrected chi connectivity index (χ2v) is 4.85.